The van der Waals surface area contributed by atoms with E-state index in [-0.39, 0.29) is 16.9 Å². The van der Waals surface area contributed by atoms with Crippen LogP contribution in [0.5, 0.6) is 0 Å². The normalized spacial score (nSPS) is 11.1. The number of aromatic nitrogens is 6. The molecule has 1 amide bonds. The number of aryl methyl sites for hydroxylation is 2. The Hall–Kier alpha value is -3.53. The van der Waals surface area contributed by atoms with E-state index in [9.17, 15) is 9.18 Å². The third-order valence-corrected chi connectivity index (χ3v) is 5.02. The highest BCUT2D eigenvalue weighted by molar-refractivity contribution is 6.33. The van der Waals surface area contributed by atoms with Gasteiger partial charge in [0.25, 0.3) is 11.7 Å². The third kappa shape index (κ3) is 4.48. The summed E-state index contributed by atoms with van der Waals surface area (Å²) in [6.07, 6.45) is 1.43. The van der Waals surface area contributed by atoms with E-state index in [4.69, 9.17) is 11.6 Å². The molecule has 0 aliphatic heterocycles. The quantitative estimate of drug-likeness (QED) is 0.426. The van der Waals surface area contributed by atoms with Crippen molar-refractivity contribution in [2.75, 3.05) is 18.4 Å². The lowest BCUT2D eigenvalue weighted by Gasteiger charge is -2.10. The molecule has 11 heteroatoms. The predicted octanol–water partition coefficient (Wildman–Crippen LogP) is 2.62. The topological polar surface area (TPSA) is 102 Å². The number of nitrogens with zero attached hydrogens (tertiary/aromatic N) is 6. The molecule has 31 heavy (non-hydrogen) atoms. The minimum atomic E-state index is -0.313. The Morgan fingerprint density at radius 2 is 1.97 bits per heavy atom. The fourth-order valence-electron chi connectivity index (χ4n) is 3.19. The first-order valence-corrected chi connectivity index (χ1v) is 9.97. The number of carbonyl (C=O) groups is 1. The van der Waals surface area contributed by atoms with Crippen molar-refractivity contribution < 1.29 is 9.18 Å². The van der Waals surface area contributed by atoms with Crippen molar-refractivity contribution >= 4 is 29.1 Å². The zero-order valence-electron chi connectivity index (χ0n) is 16.9. The molecule has 0 bridgehead atoms. The van der Waals surface area contributed by atoms with Crippen LogP contribution in [0.1, 0.15) is 27.3 Å². The van der Waals surface area contributed by atoms with Crippen LogP contribution in [0.25, 0.3) is 5.78 Å². The van der Waals surface area contributed by atoms with Crippen molar-refractivity contribution in [2.24, 2.45) is 0 Å². The summed E-state index contributed by atoms with van der Waals surface area (Å²) in [6.45, 7) is 4.75. The molecule has 4 aromatic rings. The first kappa shape index (κ1) is 20.7. The van der Waals surface area contributed by atoms with Crippen LogP contribution in [0.15, 0.2) is 36.7 Å². The van der Waals surface area contributed by atoms with Gasteiger partial charge in [-0.05, 0) is 31.5 Å². The first-order chi connectivity index (χ1) is 14.9. The number of hydrogen-bond acceptors (Lipinski definition) is 6. The minimum absolute atomic E-state index is 0.237. The van der Waals surface area contributed by atoms with Crippen LogP contribution in [-0.2, 0) is 6.54 Å². The van der Waals surface area contributed by atoms with Crippen LogP contribution in [0.4, 0.5) is 10.2 Å². The van der Waals surface area contributed by atoms with Gasteiger partial charge < -0.3 is 10.6 Å². The molecule has 1 aromatic carbocycles. The molecule has 0 radical (unpaired) electrons. The lowest BCUT2D eigenvalue weighted by atomic mass is 10.2. The van der Waals surface area contributed by atoms with E-state index in [1.165, 1.54) is 23.1 Å². The van der Waals surface area contributed by atoms with Gasteiger partial charge in [-0.15, -0.1) is 0 Å². The van der Waals surface area contributed by atoms with Gasteiger partial charge in [0, 0.05) is 24.8 Å². The molecule has 3 aromatic heterocycles. The molecular weight excluding hydrogens is 423 g/mol. The number of halogens is 2. The van der Waals surface area contributed by atoms with E-state index in [2.05, 4.69) is 30.8 Å². The fraction of sp³-hybridized carbons (Fsp3) is 0.250. The van der Waals surface area contributed by atoms with Crippen LogP contribution in [0.3, 0.4) is 0 Å². The SMILES string of the molecule is Cc1cc(NCCNC(=O)c2c(C)nn(Cc3ccc(F)cc3)c2Cl)n2ncnc2n1. The van der Waals surface area contributed by atoms with Gasteiger partial charge >= 0.3 is 0 Å². The summed E-state index contributed by atoms with van der Waals surface area (Å²) in [7, 11) is 0. The lowest BCUT2D eigenvalue weighted by Crippen LogP contribution is -2.29. The van der Waals surface area contributed by atoms with Gasteiger partial charge in [0.1, 0.15) is 23.1 Å². The number of nitrogens with one attached hydrogen (secondary N) is 2. The maximum Gasteiger partial charge on any atom is 0.256 e. The zero-order chi connectivity index (χ0) is 22.0. The highest BCUT2D eigenvalue weighted by atomic mass is 35.5. The largest absolute Gasteiger partial charge is 0.368 e. The van der Waals surface area contributed by atoms with Gasteiger partial charge in [0.2, 0.25) is 0 Å². The summed E-state index contributed by atoms with van der Waals surface area (Å²) in [5, 5.41) is 14.8. The number of hydrogen-bond donors (Lipinski definition) is 2. The van der Waals surface area contributed by atoms with Crippen LogP contribution in [0.2, 0.25) is 5.15 Å². The van der Waals surface area contributed by atoms with E-state index in [0.717, 1.165) is 17.1 Å². The van der Waals surface area contributed by atoms with E-state index >= 15 is 0 Å². The highest BCUT2D eigenvalue weighted by Crippen LogP contribution is 2.21. The zero-order valence-corrected chi connectivity index (χ0v) is 17.7. The first-order valence-electron chi connectivity index (χ1n) is 9.59. The van der Waals surface area contributed by atoms with E-state index < -0.39 is 0 Å². The van der Waals surface area contributed by atoms with Crippen LogP contribution in [-0.4, -0.2) is 48.4 Å². The number of fused-ring (bicyclic) bond motifs is 1. The van der Waals surface area contributed by atoms with Gasteiger partial charge in [-0.25, -0.2) is 14.1 Å². The minimum Gasteiger partial charge on any atom is -0.368 e. The van der Waals surface area contributed by atoms with Crippen LogP contribution < -0.4 is 10.6 Å². The molecule has 4 rings (SSSR count). The van der Waals surface area contributed by atoms with E-state index in [0.29, 0.717) is 36.7 Å². The van der Waals surface area contributed by atoms with Gasteiger partial charge in [-0.1, -0.05) is 23.7 Å². The summed E-state index contributed by atoms with van der Waals surface area (Å²) in [6, 6.07) is 7.90. The van der Waals surface area contributed by atoms with E-state index in [1.54, 1.807) is 23.6 Å². The molecule has 2 N–H and O–H groups in total. The Kier molecular flexibility index (Phi) is 5.81. The van der Waals surface area contributed by atoms with Crippen molar-refractivity contribution in [3.8, 4) is 0 Å². The van der Waals surface area contributed by atoms with Crippen molar-refractivity contribution in [3.05, 3.63) is 70.1 Å². The Morgan fingerprint density at radius 3 is 2.74 bits per heavy atom. The molecule has 0 atom stereocenters. The molecule has 160 valence electrons. The predicted molar refractivity (Wildman–Crippen MR) is 114 cm³/mol. The number of benzene rings is 1. The number of carbonyl (C=O) groups excluding carboxylic acids is 1. The monoisotopic (exact) mass is 442 g/mol. The van der Waals surface area contributed by atoms with Gasteiger partial charge in [0.15, 0.2) is 0 Å². The second kappa shape index (κ2) is 8.68. The molecule has 0 aliphatic rings. The summed E-state index contributed by atoms with van der Waals surface area (Å²) in [4.78, 5) is 21.0. The summed E-state index contributed by atoms with van der Waals surface area (Å²) < 4.78 is 16.2. The molecule has 0 saturated carbocycles. The Bertz CT molecular complexity index is 1230. The molecule has 0 fully saturated rings. The Morgan fingerprint density at radius 1 is 1.19 bits per heavy atom. The third-order valence-electron chi connectivity index (χ3n) is 4.63. The second-order valence-electron chi connectivity index (χ2n) is 6.97. The van der Waals surface area contributed by atoms with Crippen molar-refractivity contribution in [3.63, 3.8) is 0 Å². The second-order valence-corrected chi connectivity index (χ2v) is 7.33. The van der Waals surface area contributed by atoms with Crippen molar-refractivity contribution in [2.45, 2.75) is 20.4 Å². The van der Waals surface area contributed by atoms with Crippen molar-refractivity contribution in [1.82, 2.24) is 34.7 Å². The smallest absolute Gasteiger partial charge is 0.256 e. The fourth-order valence-corrected chi connectivity index (χ4v) is 3.51. The summed E-state index contributed by atoms with van der Waals surface area (Å²) in [5.41, 5.74) is 2.48. The number of rotatable bonds is 7. The molecular formula is C20H20ClFN8O. The summed E-state index contributed by atoms with van der Waals surface area (Å²) >= 11 is 6.41. The van der Waals surface area contributed by atoms with Crippen LogP contribution in [0, 0.1) is 19.7 Å². The average molecular weight is 443 g/mol. The van der Waals surface area contributed by atoms with Gasteiger partial charge in [-0.2, -0.15) is 19.7 Å². The van der Waals surface area contributed by atoms with E-state index in [1.807, 2.05) is 13.0 Å². The number of amides is 1. The Labute approximate surface area is 182 Å². The van der Waals surface area contributed by atoms with Crippen molar-refractivity contribution in [1.29, 1.82) is 0 Å². The maximum absolute atomic E-state index is 13.1. The maximum atomic E-state index is 13.1. The molecule has 0 unspecified atom stereocenters. The molecule has 3 heterocycles. The average Bonchev–Trinajstić information content (AvgIpc) is 3.31. The highest BCUT2D eigenvalue weighted by Gasteiger charge is 2.20. The molecule has 9 nitrogen and oxygen atoms in total. The standard InChI is InChI=1S/C20H20ClFN8O/c1-12-9-16(30-20(27-12)25-11-26-30)23-7-8-24-19(31)17-13(2)28-29(18(17)21)10-14-3-5-15(22)6-4-14/h3-6,9,11,23H,7-8,10H2,1-2H3,(H,24,31). The summed E-state index contributed by atoms with van der Waals surface area (Å²) in [5.74, 6) is 0.608. The van der Waals surface area contributed by atoms with Gasteiger partial charge in [-0.3, -0.25) is 4.79 Å². The lowest BCUT2D eigenvalue weighted by molar-refractivity contribution is 0.0954. The molecule has 0 aliphatic carbocycles. The van der Waals surface area contributed by atoms with Crippen LogP contribution >= 0.6 is 11.6 Å². The molecule has 0 saturated heterocycles. The van der Waals surface area contributed by atoms with Gasteiger partial charge in [0.05, 0.1) is 17.8 Å². The Balaban J connectivity index is 1.38. The number of anilines is 1. The molecule has 0 spiro atoms.